The van der Waals surface area contributed by atoms with Gasteiger partial charge >= 0.3 is 0 Å². The Balaban J connectivity index is 1.88. The van der Waals surface area contributed by atoms with Crippen molar-refractivity contribution >= 4 is 15.9 Å². The molecule has 0 saturated carbocycles. The molecular formula is C17H17BrO3. The molecule has 4 heteroatoms. The lowest BCUT2D eigenvalue weighted by Gasteiger charge is -2.30. The minimum atomic E-state index is -0.521. The normalized spacial score (nSPS) is 20.5. The highest BCUT2D eigenvalue weighted by Gasteiger charge is 2.28. The van der Waals surface area contributed by atoms with Crippen molar-refractivity contribution in [3.8, 4) is 11.5 Å². The van der Waals surface area contributed by atoms with E-state index >= 15 is 0 Å². The van der Waals surface area contributed by atoms with Crippen LogP contribution in [-0.4, -0.2) is 11.7 Å². The third-order valence-corrected chi connectivity index (χ3v) is 4.07. The molecule has 3 rings (SSSR count). The Morgan fingerprint density at radius 3 is 2.95 bits per heavy atom. The molecule has 0 aliphatic carbocycles. The van der Waals surface area contributed by atoms with Crippen molar-refractivity contribution in [2.75, 3.05) is 6.61 Å². The molecule has 0 bridgehead atoms. The van der Waals surface area contributed by atoms with Crippen molar-refractivity contribution in [1.29, 1.82) is 0 Å². The number of ether oxygens (including phenoxy) is 2. The molecule has 21 heavy (non-hydrogen) atoms. The summed E-state index contributed by atoms with van der Waals surface area (Å²) in [5, 5.41) is 10.4. The summed E-state index contributed by atoms with van der Waals surface area (Å²) in [6, 6.07) is 13.6. The van der Waals surface area contributed by atoms with Crippen LogP contribution in [0.3, 0.4) is 0 Å². The smallest absolute Gasteiger partial charge is 0.127 e. The summed E-state index contributed by atoms with van der Waals surface area (Å²) >= 11 is 3.42. The molecule has 1 heterocycles. The Hall–Kier alpha value is -1.52. The van der Waals surface area contributed by atoms with E-state index in [0.717, 1.165) is 27.1 Å². The second-order valence-electron chi connectivity index (χ2n) is 5.05. The molecule has 0 fully saturated rings. The van der Waals surface area contributed by atoms with Gasteiger partial charge in [-0.05, 0) is 42.8 Å². The number of fused-ring (bicyclic) bond motifs is 1. The van der Waals surface area contributed by atoms with Crippen LogP contribution in [0.2, 0.25) is 0 Å². The Morgan fingerprint density at radius 1 is 1.29 bits per heavy atom. The van der Waals surface area contributed by atoms with Crippen LogP contribution in [0.4, 0.5) is 0 Å². The van der Waals surface area contributed by atoms with Crippen LogP contribution in [0.15, 0.2) is 46.9 Å². The molecule has 110 valence electrons. The average molecular weight is 349 g/mol. The van der Waals surface area contributed by atoms with Crippen molar-refractivity contribution < 1.29 is 14.6 Å². The largest absolute Gasteiger partial charge is 0.494 e. The summed E-state index contributed by atoms with van der Waals surface area (Å²) in [5.74, 6) is 1.57. The van der Waals surface area contributed by atoms with Crippen LogP contribution >= 0.6 is 15.9 Å². The number of halogens is 1. The predicted octanol–water partition coefficient (Wildman–Crippen LogP) is 4.41. The van der Waals surface area contributed by atoms with Gasteiger partial charge in [0, 0.05) is 16.5 Å². The van der Waals surface area contributed by atoms with Crippen LogP contribution in [0.25, 0.3) is 0 Å². The van der Waals surface area contributed by atoms with Crippen LogP contribution in [0.1, 0.15) is 36.7 Å². The van der Waals surface area contributed by atoms with E-state index in [9.17, 15) is 5.11 Å². The average Bonchev–Trinajstić information content (AvgIpc) is 2.48. The van der Waals surface area contributed by atoms with E-state index in [1.807, 2.05) is 49.4 Å². The Kier molecular flexibility index (Phi) is 4.17. The minimum Gasteiger partial charge on any atom is -0.494 e. The maximum Gasteiger partial charge on any atom is 0.127 e. The van der Waals surface area contributed by atoms with Gasteiger partial charge in [0.15, 0.2) is 0 Å². The topological polar surface area (TPSA) is 38.7 Å². The van der Waals surface area contributed by atoms with Crippen molar-refractivity contribution in [1.82, 2.24) is 0 Å². The predicted molar refractivity (Wildman–Crippen MR) is 84.7 cm³/mol. The molecule has 0 saturated heterocycles. The van der Waals surface area contributed by atoms with E-state index in [1.165, 1.54) is 0 Å². The lowest BCUT2D eigenvalue weighted by atomic mass is 9.95. The molecule has 2 atom stereocenters. The van der Waals surface area contributed by atoms with Gasteiger partial charge < -0.3 is 14.6 Å². The molecule has 0 radical (unpaired) electrons. The highest BCUT2D eigenvalue weighted by atomic mass is 79.9. The van der Waals surface area contributed by atoms with Gasteiger partial charge in [-0.3, -0.25) is 0 Å². The number of hydrogen-bond acceptors (Lipinski definition) is 3. The third-order valence-electron chi connectivity index (χ3n) is 3.58. The summed E-state index contributed by atoms with van der Waals surface area (Å²) in [6.45, 7) is 2.59. The van der Waals surface area contributed by atoms with Crippen molar-refractivity contribution in [2.24, 2.45) is 0 Å². The van der Waals surface area contributed by atoms with E-state index in [1.54, 1.807) is 0 Å². The highest BCUT2D eigenvalue weighted by Crippen LogP contribution is 2.42. The van der Waals surface area contributed by atoms with Crippen LogP contribution in [-0.2, 0) is 0 Å². The van der Waals surface area contributed by atoms with Crippen LogP contribution < -0.4 is 9.47 Å². The molecule has 0 amide bonds. The third kappa shape index (κ3) is 3.06. The zero-order valence-corrected chi connectivity index (χ0v) is 13.3. The van der Waals surface area contributed by atoms with Gasteiger partial charge in [-0.25, -0.2) is 0 Å². The second-order valence-corrected chi connectivity index (χ2v) is 5.96. The van der Waals surface area contributed by atoms with E-state index in [-0.39, 0.29) is 6.10 Å². The van der Waals surface area contributed by atoms with Gasteiger partial charge in [0.2, 0.25) is 0 Å². The molecule has 1 aliphatic rings. The SMILES string of the molecule is CCOc1cccc(C2C[C@@H](O)c3cc(Br)ccc3O2)c1. The van der Waals surface area contributed by atoms with Crippen molar-refractivity contribution in [2.45, 2.75) is 25.6 Å². The summed E-state index contributed by atoms with van der Waals surface area (Å²) < 4.78 is 12.5. The number of aliphatic hydroxyl groups excluding tert-OH is 1. The van der Waals surface area contributed by atoms with Gasteiger partial charge in [-0.2, -0.15) is 0 Å². The Morgan fingerprint density at radius 2 is 2.14 bits per heavy atom. The number of aliphatic hydroxyl groups is 1. The van der Waals surface area contributed by atoms with Crippen molar-refractivity contribution in [3.63, 3.8) is 0 Å². The lowest BCUT2D eigenvalue weighted by Crippen LogP contribution is -2.19. The first-order valence-corrected chi connectivity index (χ1v) is 7.83. The number of hydrogen-bond donors (Lipinski definition) is 1. The van der Waals surface area contributed by atoms with Gasteiger partial charge in [0.25, 0.3) is 0 Å². The quantitative estimate of drug-likeness (QED) is 0.892. The fourth-order valence-electron chi connectivity index (χ4n) is 2.59. The second kappa shape index (κ2) is 6.08. The maximum absolute atomic E-state index is 10.4. The molecule has 3 nitrogen and oxygen atoms in total. The summed E-state index contributed by atoms with van der Waals surface area (Å²) in [7, 11) is 0. The van der Waals surface area contributed by atoms with Gasteiger partial charge in [0.1, 0.15) is 17.6 Å². The lowest BCUT2D eigenvalue weighted by molar-refractivity contribution is 0.0655. The Labute approximate surface area is 132 Å². The van der Waals surface area contributed by atoms with E-state index in [4.69, 9.17) is 9.47 Å². The summed E-state index contributed by atoms with van der Waals surface area (Å²) in [6.07, 6.45) is -0.139. The zero-order chi connectivity index (χ0) is 14.8. The van der Waals surface area contributed by atoms with Crippen LogP contribution in [0.5, 0.6) is 11.5 Å². The molecule has 1 unspecified atom stereocenters. The monoisotopic (exact) mass is 348 g/mol. The highest BCUT2D eigenvalue weighted by molar-refractivity contribution is 9.10. The van der Waals surface area contributed by atoms with Gasteiger partial charge in [-0.15, -0.1) is 0 Å². The molecule has 1 N–H and O–H groups in total. The number of rotatable bonds is 3. The van der Waals surface area contributed by atoms with E-state index in [2.05, 4.69) is 15.9 Å². The maximum atomic E-state index is 10.4. The molecule has 0 aromatic heterocycles. The van der Waals surface area contributed by atoms with E-state index in [0.29, 0.717) is 13.0 Å². The fourth-order valence-corrected chi connectivity index (χ4v) is 2.97. The van der Waals surface area contributed by atoms with Crippen LogP contribution in [0, 0.1) is 0 Å². The Bertz CT molecular complexity index is 642. The summed E-state index contributed by atoms with van der Waals surface area (Å²) in [5.41, 5.74) is 1.86. The first-order valence-electron chi connectivity index (χ1n) is 7.04. The van der Waals surface area contributed by atoms with Crippen molar-refractivity contribution in [3.05, 3.63) is 58.1 Å². The molecule has 2 aromatic carbocycles. The van der Waals surface area contributed by atoms with Gasteiger partial charge in [0.05, 0.1) is 12.7 Å². The fraction of sp³-hybridized carbons (Fsp3) is 0.294. The molecule has 0 spiro atoms. The zero-order valence-electron chi connectivity index (χ0n) is 11.8. The molecular weight excluding hydrogens is 332 g/mol. The summed E-state index contributed by atoms with van der Waals surface area (Å²) in [4.78, 5) is 0. The minimum absolute atomic E-state index is 0.158. The first-order chi connectivity index (χ1) is 10.2. The number of benzene rings is 2. The molecule has 2 aromatic rings. The standard InChI is InChI=1S/C17H17BrO3/c1-2-20-13-5-3-4-11(8-13)17-10-15(19)14-9-12(18)6-7-16(14)21-17/h3-9,15,17,19H,2,10H2,1H3/t15-,17?/m1/s1. The van der Waals surface area contributed by atoms with Gasteiger partial charge in [-0.1, -0.05) is 28.1 Å². The molecule has 1 aliphatic heterocycles. The van der Waals surface area contributed by atoms with E-state index < -0.39 is 6.10 Å². The first kappa shape index (κ1) is 14.4.